The second-order valence-electron chi connectivity index (χ2n) is 3.76. The third-order valence-corrected chi connectivity index (χ3v) is 2.89. The molecule has 5 heteroatoms. The van der Waals surface area contributed by atoms with Gasteiger partial charge in [0.2, 0.25) is 5.91 Å². The smallest absolute Gasteiger partial charge is 0.233 e. The van der Waals surface area contributed by atoms with Crippen LogP contribution in [0.3, 0.4) is 0 Å². The van der Waals surface area contributed by atoms with Crippen LogP contribution in [-0.2, 0) is 11.2 Å². The van der Waals surface area contributed by atoms with Crippen LogP contribution in [0.2, 0.25) is 10.0 Å². The molecule has 0 aliphatic carbocycles. The van der Waals surface area contributed by atoms with Gasteiger partial charge in [-0.15, -0.1) is 6.58 Å². The monoisotopic (exact) mass is 286 g/mol. The molecule has 0 aliphatic rings. The number of nitrogens with one attached hydrogen (secondary N) is 2. The minimum absolute atomic E-state index is 0.0399. The second kappa shape index (κ2) is 8.14. The number of hydrogen-bond acceptors (Lipinski definition) is 2. The summed E-state index contributed by atoms with van der Waals surface area (Å²) >= 11 is 11.8. The van der Waals surface area contributed by atoms with Crippen molar-refractivity contribution in [1.82, 2.24) is 10.6 Å². The molecule has 18 heavy (non-hydrogen) atoms. The fourth-order valence-electron chi connectivity index (χ4n) is 1.41. The molecule has 0 unspecified atom stereocenters. The molecular formula is C13H16Cl2N2O. The number of rotatable bonds is 7. The first-order valence-corrected chi connectivity index (χ1v) is 6.41. The summed E-state index contributed by atoms with van der Waals surface area (Å²) < 4.78 is 0. The van der Waals surface area contributed by atoms with E-state index in [0.29, 0.717) is 36.1 Å². The van der Waals surface area contributed by atoms with Gasteiger partial charge < -0.3 is 10.6 Å². The highest BCUT2D eigenvalue weighted by molar-refractivity contribution is 6.35. The average Bonchev–Trinajstić information content (AvgIpc) is 2.32. The lowest BCUT2D eigenvalue weighted by Crippen LogP contribution is -2.35. The Morgan fingerprint density at radius 2 is 2.17 bits per heavy atom. The van der Waals surface area contributed by atoms with Crippen LogP contribution >= 0.6 is 23.2 Å². The SMILES string of the molecule is C=CCNCC(=O)NCCc1ccc(Cl)cc1Cl. The Hall–Kier alpha value is -1.03. The Bertz CT molecular complexity index is 421. The largest absolute Gasteiger partial charge is 0.355 e. The van der Waals surface area contributed by atoms with E-state index in [2.05, 4.69) is 17.2 Å². The van der Waals surface area contributed by atoms with E-state index < -0.39 is 0 Å². The van der Waals surface area contributed by atoms with Gasteiger partial charge in [0.15, 0.2) is 0 Å². The molecule has 1 amide bonds. The summed E-state index contributed by atoms with van der Waals surface area (Å²) in [4.78, 5) is 11.4. The number of amides is 1. The highest BCUT2D eigenvalue weighted by Crippen LogP contribution is 2.20. The van der Waals surface area contributed by atoms with Crippen LogP contribution in [0, 0.1) is 0 Å². The Labute approximate surface area is 117 Å². The first kappa shape index (κ1) is 15.0. The van der Waals surface area contributed by atoms with E-state index in [-0.39, 0.29) is 5.91 Å². The molecule has 0 spiro atoms. The summed E-state index contributed by atoms with van der Waals surface area (Å²) in [5.74, 6) is -0.0399. The van der Waals surface area contributed by atoms with E-state index in [1.807, 2.05) is 6.07 Å². The van der Waals surface area contributed by atoms with Crippen LogP contribution in [-0.4, -0.2) is 25.5 Å². The van der Waals surface area contributed by atoms with Gasteiger partial charge in [0.05, 0.1) is 6.54 Å². The molecule has 0 saturated carbocycles. The maximum Gasteiger partial charge on any atom is 0.233 e. The molecule has 0 fully saturated rings. The standard InChI is InChI=1S/C13H16Cl2N2O/c1-2-6-16-9-13(18)17-7-5-10-3-4-11(14)8-12(10)15/h2-4,8,16H,1,5-7,9H2,(H,17,18). The summed E-state index contributed by atoms with van der Waals surface area (Å²) in [6.45, 7) is 5.02. The second-order valence-corrected chi connectivity index (χ2v) is 4.60. The molecule has 0 radical (unpaired) electrons. The molecule has 0 aromatic heterocycles. The number of carbonyl (C=O) groups is 1. The molecule has 3 nitrogen and oxygen atoms in total. The van der Waals surface area contributed by atoms with E-state index >= 15 is 0 Å². The quantitative estimate of drug-likeness (QED) is 0.597. The van der Waals surface area contributed by atoms with Gasteiger partial charge in [0.1, 0.15) is 0 Å². The van der Waals surface area contributed by atoms with E-state index in [1.54, 1.807) is 18.2 Å². The molecule has 0 bridgehead atoms. The Balaban J connectivity index is 2.28. The third-order valence-electron chi connectivity index (χ3n) is 2.31. The van der Waals surface area contributed by atoms with Crippen molar-refractivity contribution in [3.8, 4) is 0 Å². The molecule has 1 aromatic rings. The molecule has 98 valence electrons. The van der Waals surface area contributed by atoms with Gasteiger partial charge in [0, 0.05) is 23.1 Å². The number of hydrogen-bond donors (Lipinski definition) is 2. The number of benzene rings is 1. The lowest BCUT2D eigenvalue weighted by atomic mass is 10.1. The summed E-state index contributed by atoms with van der Waals surface area (Å²) in [6.07, 6.45) is 2.39. The molecule has 2 N–H and O–H groups in total. The van der Waals surface area contributed by atoms with Gasteiger partial charge >= 0.3 is 0 Å². The van der Waals surface area contributed by atoms with E-state index in [4.69, 9.17) is 23.2 Å². The van der Waals surface area contributed by atoms with Crippen LogP contribution in [0.25, 0.3) is 0 Å². The van der Waals surface area contributed by atoms with Gasteiger partial charge in [-0.05, 0) is 24.1 Å². The molecular weight excluding hydrogens is 271 g/mol. The maximum atomic E-state index is 11.4. The zero-order valence-electron chi connectivity index (χ0n) is 10.0. The van der Waals surface area contributed by atoms with E-state index in [1.165, 1.54) is 0 Å². The van der Waals surface area contributed by atoms with Crippen molar-refractivity contribution < 1.29 is 4.79 Å². The predicted octanol–water partition coefficient (Wildman–Crippen LogP) is 2.43. The zero-order valence-corrected chi connectivity index (χ0v) is 11.5. The summed E-state index contributed by atoms with van der Waals surface area (Å²) in [5.41, 5.74) is 0.973. The van der Waals surface area contributed by atoms with Gasteiger partial charge in [-0.1, -0.05) is 35.3 Å². The number of halogens is 2. The minimum atomic E-state index is -0.0399. The van der Waals surface area contributed by atoms with Crippen molar-refractivity contribution in [2.45, 2.75) is 6.42 Å². The lowest BCUT2D eigenvalue weighted by molar-refractivity contribution is -0.120. The van der Waals surface area contributed by atoms with E-state index in [9.17, 15) is 4.79 Å². The van der Waals surface area contributed by atoms with Crippen molar-refractivity contribution in [2.24, 2.45) is 0 Å². The van der Waals surface area contributed by atoms with E-state index in [0.717, 1.165) is 5.56 Å². The number of carbonyl (C=O) groups excluding carboxylic acids is 1. The first-order valence-electron chi connectivity index (χ1n) is 5.65. The van der Waals surface area contributed by atoms with Crippen LogP contribution in [0.5, 0.6) is 0 Å². The topological polar surface area (TPSA) is 41.1 Å². The summed E-state index contributed by atoms with van der Waals surface area (Å²) in [6, 6.07) is 5.36. The molecule has 1 aromatic carbocycles. The van der Waals surface area contributed by atoms with Gasteiger partial charge in [-0.3, -0.25) is 4.79 Å². The van der Waals surface area contributed by atoms with Crippen LogP contribution in [0.15, 0.2) is 30.9 Å². The minimum Gasteiger partial charge on any atom is -0.355 e. The average molecular weight is 287 g/mol. The molecule has 0 atom stereocenters. The van der Waals surface area contributed by atoms with Crippen LogP contribution in [0.1, 0.15) is 5.56 Å². The summed E-state index contributed by atoms with van der Waals surface area (Å²) in [5, 5.41) is 6.97. The maximum absolute atomic E-state index is 11.4. The highest BCUT2D eigenvalue weighted by Gasteiger charge is 2.03. The predicted molar refractivity (Wildman–Crippen MR) is 76.2 cm³/mol. The van der Waals surface area contributed by atoms with Crippen LogP contribution in [0.4, 0.5) is 0 Å². The Kier molecular flexibility index (Phi) is 6.80. The fourth-order valence-corrected chi connectivity index (χ4v) is 1.91. The Morgan fingerprint density at radius 3 is 2.83 bits per heavy atom. The third kappa shape index (κ3) is 5.54. The van der Waals surface area contributed by atoms with Gasteiger partial charge in [-0.25, -0.2) is 0 Å². The van der Waals surface area contributed by atoms with Crippen molar-refractivity contribution in [2.75, 3.05) is 19.6 Å². The van der Waals surface area contributed by atoms with Crippen molar-refractivity contribution in [3.63, 3.8) is 0 Å². The Morgan fingerprint density at radius 1 is 1.39 bits per heavy atom. The normalized spacial score (nSPS) is 10.1. The van der Waals surface area contributed by atoms with Gasteiger partial charge in [-0.2, -0.15) is 0 Å². The van der Waals surface area contributed by atoms with Crippen molar-refractivity contribution in [1.29, 1.82) is 0 Å². The molecule has 0 aliphatic heterocycles. The molecule has 0 saturated heterocycles. The molecule has 1 rings (SSSR count). The zero-order chi connectivity index (χ0) is 13.4. The van der Waals surface area contributed by atoms with Crippen LogP contribution < -0.4 is 10.6 Å². The van der Waals surface area contributed by atoms with Crippen molar-refractivity contribution >= 4 is 29.1 Å². The first-order chi connectivity index (χ1) is 8.63. The highest BCUT2D eigenvalue weighted by atomic mass is 35.5. The fraction of sp³-hybridized carbons (Fsp3) is 0.308. The van der Waals surface area contributed by atoms with Gasteiger partial charge in [0.25, 0.3) is 0 Å². The van der Waals surface area contributed by atoms with Crippen molar-refractivity contribution in [3.05, 3.63) is 46.5 Å². The molecule has 0 heterocycles. The lowest BCUT2D eigenvalue weighted by Gasteiger charge is -2.07. The summed E-state index contributed by atoms with van der Waals surface area (Å²) in [7, 11) is 0.